The second-order valence-corrected chi connectivity index (χ2v) is 2.60. The van der Waals surface area contributed by atoms with Crippen LogP contribution in [0.5, 0.6) is 0 Å². The molecule has 1 N–H and O–H groups in total. The number of aldehydes is 2. The molecule has 0 aromatic carbocycles. The first-order valence-corrected chi connectivity index (χ1v) is 3.92. The van der Waals surface area contributed by atoms with Gasteiger partial charge in [-0.3, -0.25) is 9.59 Å². The van der Waals surface area contributed by atoms with Crippen molar-refractivity contribution in [1.29, 1.82) is 0 Å². The predicted octanol–water partition coefficient (Wildman–Crippen LogP) is 0.811. The molecule has 4 nitrogen and oxygen atoms in total. The third kappa shape index (κ3) is 4.20. The average molecular weight is 184 g/mol. The van der Waals surface area contributed by atoms with Gasteiger partial charge in [0, 0.05) is 12.3 Å². The minimum atomic E-state index is -1.01. The number of aliphatic carboxylic acids is 1. The Morgan fingerprint density at radius 2 is 2.08 bits per heavy atom. The molecule has 0 bridgehead atoms. The molecular formula is C9H12O4. The lowest BCUT2D eigenvalue weighted by molar-refractivity contribution is -0.137. The molecule has 0 fully saturated rings. The molecule has 0 spiro atoms. The van der Waals surface area contributed by atoms with Gasteiger partial charge in [0.2, 0.25) is 0 Å². The van der Waals surface area contributed by atoms with Crippen LogP contribution in [0.1, 0.15) is 19.8 Å². The minimum absolute atomic E-state index is 0.0741. The van der Waals surface area contributed by atoms with E-state index >= 15 is 0 Å². The van der Waals surface area contributed by atoms with Crippen LogP contribution in [0.4, 0.5) is 0 Å². The highest BCUT2D eigenvalue weighted by Gasteiger charge is 2.16. The first-order valence-electron chi connectivity index (χ1n) is 3.92. The third-order valence-corrected chi connectivity index (χ3v) is 1.74. The molecule has 13 heavy (non-hydrogen) atoms. The van der Waals surface area contributed by atoms with Gasteiger partial charge in [0.05, 0.1) is 6.42 Å². The van der Waals surface area contributed by atoms with Crippen molar-refractivity contribution in [2.45, 2.75) is 19.8 Å². The summed E-state index contributed by atoms with van der Waals surface area (Å²) < 4.78 is 0. The molecule has 0 radical (unpaired) electrons. The summed E-state index contributed by atoms with van der Waals surface area (Å²) in [6.07, 6.45) is 2.64. The smallest absolute Gasteiger partial charge is 0.303 e. The standard InChI is InChI=1S/C9H12O4/c1-2-7(6-11)8(3-4-10)5-9(12)13/h2,4,6,8H,3,5H2,1H3,(H,12,13). The lowest BCUT2D eigenvalue weighted by atomic mass is 9.93. The normalized spacial score (nSPS) is 13.5. The largest absolute Gasteiger partial charge is 0.481 e. The Balaban J connectivity index is 4.47. The molecule has 0 aromatic heterocycles. The van der Waals surface area contributed by atoms with Crippen LogP contribution >= 0.6 is 0 Å². The molecule has 0 amide bonds. The number of rotatable bonds is 6. The van der Waals surface area contributed by atoms with Gasteiger partial charge in [-0.15, -0.1) is 0 Å². The minimum Gasteiger partial charge on any atom is -0.481 e. The molecule has 0 heterocycles. The van der Waals surface area contributed by atoms with Gasteiger partial charge in [0.1, 0.15) is 12.6 Å². The SMILES string of the molecule is CC=C(C=O)C(CC=O)CC(=O)O. The van der Waals surface area contributed by atoms with Crippen LogP contribution in [0.3, 0.4) is 0 Å². The molecule has 1 unspecified atom stereocenters. The first-order chi connectivity index (χ1) is 6.15. The number of carbonyl (C=O) groups excluding carboxylic acids is 2. The summed E-state index contributed by atoms with van der Waals surface area (Å²) in [6, 6.07) is 0. The van der Waals surface area contributed by atoms with Crippen molar-refractivity contribution in [1.82, 2.24) is 0 Å². The van der Waals surface area contributed by atoms with Crippen molar-refractivity contribution in [2.24, 2.45) is 5.92 Å². The number of allylic oxidation sites excluding steroid dienone is 2. The summed E-state index contributed by atoms with van der Waals surface area (Å²) in [5.74, 6) is -1.49. The van der Waals surface area contributed by atoms with Crippen molar-refractivity contribution in [3.8, 4) is 0 Å². The van der Waals surface area contributed by atoms with E-state index in [-0.39, 0.29) is 12.8 Å². The van der Waals surface area contributed by atoms with E-state index in [1.165, 1.54) is 6.08 Å². The van der Waals surface area contributed by atoms with Gasteiger partial charge >= 0.3 is 5.97 Å². The lowest BCUT2D eigenvalue weighted by Gasteiger charge is -2.10. The zero-order chi connectivity index (χ0) is 10.3. The van der Waals surface area contributed by atoms with Crippen molar-refractivity contribution >= 4 is 18.5 Å². The highest BCUT2D eigenvalue weighted by atomic mass is 16.4. The van der Waals surface area contributed by atoms with Crippen molar-refractivity contribution in [3.63, 3.8) is 0 Å². The first kappa shape index (κ1) is 11.6. The molecule has 0 aliphatic rings. The Labute approximate surface area is 76.2 Å². The summed E-state index contributed by atoms with van der Waals surface area (Å²) in [5.41, 5.74) is 0.370. The Morgan fingerprint density at radius 1 is 1.46 bits per heavy atom. The van der Waals surface area contributed by atoms with Gasteiger partial charge in [-0.25, -0.2) is 0 Å². The number of carboxylic acids is 1. The number of carbonyl (C=O) groups is 3. The fourth-order valence-electron chi connectivity index (χ4n) is 1.06. The van der Waals surface area contributed by atoms with Gasteiger partial charge in [-0.05, 0) is 12.5 Å². The Morgan fingerprint density at radius 3 is 2.38 bits per heavy atom. The van der Waals surface area contributed by atoms with Gasteiger partial charge in [0.25, 0.3) is 0 Å². The molecule has 0 saturated heterocycles. The fourth-order valence-corrected chi connectivity index (χ4v) is 1.06. The molecule has 4 heteroatoms. The third-order valence-electron chi connectivity index (χ3n) is 1.74. The molecule has 0 aromatic rings. The van der Waals surface area contributed by atoms with E-state index in [0.29, 0.717) is 18.1 Å². The van der Waals surface area contributed by atoms with Gasteiger partial charge in [-0.2, -0.15) is 0 Å². The summed E-state index contributed by atoms with van der Waals surface area (Å²) in [7, 11) is 0. The van der Waals surface area contributed by atoms with Crippen molar-refractivity contribution in [2.75, 3.05) is 0 Å². The molecular weight excluding hydrogens is 172 g/mol. The number of hydrogen-bond acceptors (Lipinski definition) is 3. The quantitative estimate of drug-likeness (QED) is 0.489. The maximum Gasteiger partial charge on any atom is 0.303 e. The summed E-state index contributed by atoms with van der Waals surface area (Å²) in [5, 5.41) is 8.49. The van der Waals surface area contributed by atoms with E-state index in [4.69, 9.17) is 5.11 Å². The van der Waals surface area contributed by atoms with Crippen molar-refractivity contribution in [3.05, 3.63) is 11.6 Å². The second kappa shape index (κ2) is 6.11. The highest BCUT2D eigenvalue weighted by Crippen LogP contribution is 2.16. The van der Waals surface area contributed by atoms with E-state index in [1.807, 2.05) is 0 Å². The van der Waals surface area contributed by atoms with Gasteiger partial charge in [-0.1, -0.05) is 6.08 Å². The van der Waals surface area contributed by atoms with Crippen LogP contribution < -0.4 is 0 Å². The van der Waals surface area contributed by atoms with Crippen LogP contribution in [0, 0.1) is 5.92 Å². The maximum atomic E-state index is 10.5. The monoisotopic (exact) mass is 184 g/mol. The zero-order valence-electron chi connectivity index (χ0n) is 7.40. The molecule has 0 rings (SSSR count). The fraction of sp³-hybridized carbons (Fsp3) is 0.444. The summed E-state index contributed by atoms with van der Waals surface area (Å²) >= 11 is 0. The van der Waals surface area contributed by atoms with E-state index < -0.39 is 11.9 Å². The number of hydrogen-bond donors (Lipinski definition) is 1. The predicted molar refractivity (Wildman–Crippen MR) is 46.2 cm³/mol. The lowest BCUT2D eigenvalue weighted by Crippen LogP contribution is -2.12. The average Bonchev–Trinajstić information content (AvgIpc) is 2.05. The van der Waals surface area contributed by atoms with Crippen LogP contribution in [-0.4, -0.2) is 23.6 Å². The second-order valence-electron chi connectivity index (χ2n) is 2.60. The molecule has 0 aliphatic heterocycles. The molecule has 0 aliphatic carbocycles. The van der Waals surface area contributed by atoms with Crippen LogP contribution in [0.2, 0.25) is 0 Å². The maximum absolute atomic E-state index is 10.5. The Hall–Kier alpha value is -1.45. The van der Waals surface area contributed by atoms with E-state index in [0.717, 1.165) is 0 Å². The topological polar surface area (TPSA) is 71.4 Å². The van der Waals surface area contributed by atoms with E-state index in [1.54, 1.807) is 6.92 Å². The summed E-state index contributed by atoms with van der Waals surface area (Å²) in [4.78, 5) is 31.0. The van der Waals surface area contributed by atoms with Gasteiger partial charge in [0.15, 0.2) is 0 Å². The van der Waals surface area contributed by atoms with Crippen LogP contribution in [0.25, 0.3) is 0 Å². The van der Waals surface area contributed by atoms with Crippen molar-refractivity contribution < 1.29 is 19.5 Å². The van der Waals surface area contributed by atoms with Crippen LogP contribution in [-0.2, 0) is 14.4 Å². The molecule has 0 saturated carbocycles. The van der Waals surface area contributed by atoms with Gasteiger partial charge < -0.3 is 9.90 Å². The summed E-state index contributed by atoms with van der Waals surface area (Å²) in [6.45, 7) is 1.64. The Bertz CT molecular complexity index is 230. The zero-order valence-corrected chi connectivity index (χ0v) is 7.40. The highest BCUT2D eigenvalue weighted by molar-refractivity contribution is 5.77. The number of carboxylic acid groups (broad SMARTS) is 1. The molecule has 1 atom stereocenters. The van der Waals surface area contributed by atoms with E-state index in [2.05, 4.69) is 0 Å². The van der Waals surface area contributed by atoms with Crippen LogP contribution in [0.15, 0.2) is 11.6 Å². The van der Waals surface area contributed by atoms with E-state index in [9.17, 15) is 14.4 Å². The molecule has 72 valence electrons. The Kier molecular flexibility index (Phi) is 5.43.